The first-order chi connectivity index (χ1) is 10.3. The quantitative estimate of drug-likeness (QED) is 0.391. The van der Waals surface area contributed by atoms with E-state index < -0.39 is 0 Å². The highest BCUT2D eigenvalue weighted by Gasteiger charge is 1.99. The van der Waals surface area contributed by atoms with Gasteiger partial charge < -0.3 is 10.6 Å². The van der Waals surface area contributed by atoms with Crippen molar-refractivity contribution in [1.29, 1.82) is 0 Å². The lowest BCUT2D eigenvalue weighted by molar-refractivity contribution is 0.801. The van der Waals surface area contributed by atoms with E-state index in [1.807, 2.05) is 12.1 Å². The molecule has 2 aromatic rings. The molecule has 0 aliphatic rings. The van der Waals surface area contributed by atoms with Crippen molar-refractivity contribution >= 4 is 52.9 Å². The maximum absolute atomic E-state index is 5.88. The topological polar surface area (TPSA) is 36.4 Å². The second kappa shape index (κ2) is 10.9. The third-order valence-electron chi connectivity index (χ3n) is 2.94. The molecule has 1 aromatic heterocycles. The number of aliphatic imine (C=N–C) groups is 1. The highest BCUT2D eigenvalue weighted by Crippen LogP contribution is 2.10. The van der Waals surface area contributed by atoms with E-state index in [0.717, 1.165) is 30.5 Å². The maximum Gasteiger partial charge on any atom is 0.191 e. The van der Waals surface area contributed by atoms with Gasteiger partial charge in [0.05, 0.1) is 6.54 Å². The van der Waals surface area contributed by atoms with Gasteiger partial charge in [-0.15, -0.1) is 35.3 Å². The molecule has 1 heterocycles. The molecule has 3 nitrogen and oxygen atoms in total. The summed E-state index contributed by atoms with van der Waals surface area (Å²) in [5.74, 6) is 0.861. The minimum Gasteiger partial charge on any atom is -0.357 e. The Labute approximate surface area is 158 Å². The Morgan fingerprint density at radius 2 is 1.95 bits per heavy atom. The van der Waals surface area contributed by atoms with Gasteiger partial charge in [0, 0.05) is 23.0 Å². The molecule has 0 unspecified atom stereocenters. The van der Waals surface area contributed by atoms with Crippen LogP contribution >= 0.6 is 46.9 Å². The van der Waals surface area contributed by atoms with Crippen molar-refractivity contribution in [2.24, 2.45) is 4.99 Å². The van der Waals surface area contributed by atoms with Gasteiger partial charge in [0.25, 0.3) is 0 Å². The summed E-state index contributed by atoms with van der Waals surface area (Å²) in [6, 6.07) is 12.1. The molecule has 0 fully saturated rings. The van der Waals surface area contributed by atoms with Gasteiger partial charge in [0.15, 0.2) is 5.96 Å². The summed E-state index contributed by atoms with van der Waals surface area (Å²) in [6.45, 7) is 4.49. The monoisotopic (exact) mass is 449 g/mol. The first-order valence-electron chi connectivity index (χ1n) is 7.07. The van der Waals surface area contributed by atoms with Crippen LogP contribution in [0, 0.1) is 0 Å². The van der Waals surface area contributed by atoms with Crippen LogP contribution in [0.25, 0.3) is 0 Å². The molecule has 0 radical (unpaired) electrons. The molecule has 0 atom stereocenters. The molecular formula is C16H21ClIN3S. The number of guanidine groups is 1. The minimum atomic E-state index is 0. The smallest absolute Gasteiger partial charge is 0.191 e. The van der Waals surface area contributed by atoms with Gasteiger partial charge in [-0.3, -0.25) is 0 Å². The fourth-order valence-electron chi connectivity index (χ4n) is 1.88. The van der Waals surface area contributed by atoms with Crippen molar-refractivity contribution < 1.29 is 0 Å². The summed E-state index contributed by atoms with van der Waals surface area (Å²) in [5.41, 5.74) is 1.26. The van der Waals surface area contributed by atoms with Gasteiger partial charge in [-0.25, -0.2) is 4.99 Å². The van der Waals surface area contributed by atoms with Crippen LogP contribution < -0.4 is 10.6 Å². The second-order valence-electron chi connectivity index (χ2n) is 4.58. The van der Waals surface area contributed by atoms with E-state index in [2.05, 4.69) is 52.2 Å². The van der Waals surface area contributed by atoms with Crippen molar-refractivity contribution in [2.75, 3.05) is 13.1 Å². The second-order valence-corrected chi connectivity index (χ2v) is 6.05. The summed E-state index contributed by atoms with van der Waals surface area (Å²) in [7, 11) is 0. The summed E-state index contributed by atoms with van der Waals surface area (Å²) in [5, 5.41) is 9.47. The molecule has 6 heteroatoms. The summed E-state index contributed by atoms with van der Waals surface area (Å²) in [4.78, 5) is 5.85. The predicted octanol–water partition coefficient (Wildman–Crippen LogP) is 4.32. The Balaban J connectivity index is 0.00000242. The van der Waals surface area contributed by atoms with Gasteiger partial charge in [-0.05, 0) is 42.5 Å². The van der Waals surface area contributed by atoms with E-state index in [0.29, 0.717) is 6.54 Å². The summed E-state index contributed by atoms with van der Waals surface area (Å²) >= 11 is 7.61. The van der Waals surface area contributed by atoms with Crippen LogP contribution in [0.5, 0.6) is 0 Å². The molecule has 0 amide bonds. The van der Waals surface area contributed by atoms with E-state index in [4.69, 9.17) is 11.6 Å². The Morgan fingerprint density at radius 1 is 1.18 bits per heavy atom. The van der Waals surface area contributed by atoms with Crippen LogP contribution in [0.2, 0.25) is 5.02 Å². The number of hydrogen-bond acceptors (Lipinski definition) is 2. The zero-order valence-electron chi connectivity index (χ0n) is 12.5. The number of benzene rings is 1. The highest BCUT2D eigenvalue weighted by atomic mass is 127. The number of rotatable bonds is 6. The van der Waals surface area contributed by atoms with E-state index in [9.17, 15) is 0 Å². The molecule has 22 heavy (non-hydrogen) atoms. The zero-order valence-corrected chi connectivity index (χ0v) is 16.4. The average Bonchev–Trinajstić information content (AvgIpc) is 3.00. The van der Waals surface area contributed by atoms with E-state index in [-0.39, 0.29) is 24.0 Å². The molecule has 2 N–H and O–H groups in total. The van der Waals surface area contributed by atoms with Crippen molar-refractivity contribution in [3.05, 3.63) is 57.2 Å². The fourth-order valence-corrected chi connectivity index (χ4v) is 2.63. The van der Waals surface area contributed by atoms with E-state index >= 15 is 0 Å². The molecule has 0 aliphatic heterocycles. The lowest BCUT2D eigenvalue weighted by atomic mass is 10.1. The Kier molecular flexibility index (Phi) is 9.50. The van der Waals surface area contributed by atoms with Crippen LogP contribution in [0.4, 0.5) is 0 Å². The molecule has 1 aromatic carbocycles. The standard InChI is InChI=1S/C16H20ClN3S.HI/c1-2-18-16(20-12-15-4-3-11-21-15)19-10-9-13-5-7-14(17)8-6-13;/h3-8,11H,2,9-10,12H2,1H3,(H2,18,19,20);1H. The Morgan fingerprint density at radius 3 is 2.59 bits per heavy atom. The van der Waals surface area contributed by atoms with Crippen LogP contribution in [0.1, 0.15) is 17.4 Å². The number of nitrogens with zero attached hydrogens (tertiary/aromatic N) is 1. The number of hydrogen-bond donors (Lipinski definition) is 2. The molecule has 120 valence electrons. The van der Waals surface area contributed by atoms with Gasteiger partial charge in [0.1, 0.15) is 0 Å². The maximum atomic E-state index is 5.88. The Bertz CT molecular complexity index is 555. The molecule has 0 aliphatic carbocycles. The van der Waals surface area contributed by atoms with Crippen LogP contribution in [-0.4, -0.2) is 19.0 Å². The van der Waals surface area contributed by atoms with Crippen LogP contribution in [0.3, 0.4) is 0 Å². The summed E-state index contributed by atoms with van der Waals surface area (Å²) < 4.78 is 0. The fraction of sp³-hybridized carbons (Fsp3) is 0.312. The molecule has 0 saturated carbocycles. The molecule has 2 rings (SSSR count). The van der Waals surface area contributed by atoms with Crippen molar-refractivity contribution in [1.82, 2.24) is 10.6 Å². The SMILES string of the molecule is CCNC(=NCc1cccs1)NCCc1ccc(Cl)cc1.I. The third kappa shape index (κ3) is 6.98. The first kappa shape index (κ1) is 19.3. The molecule has 0 saturated heterocycles. The van der Waals surface area contributed by atoms with Gasteiger partial charge in [-0.2, -0.15) is 0 Å². The van der Waals surface area contributed by atoms with Crippen molar-refractivity contribution in [3.8, 4) is 0 Å². The van der Waals surface area contributed by atoms with Crippen molar-refractivity contribution in [3.63, 3.8) is 0 Å². The van der Waals surface area contributed by atoms with Crippen molar-refractivity contribution in [2.45, 2.75) is 19.9 Å². The number of nitrogens with one attached hydrogen (secondary N) is 2. The molecule has 0 bridgehead atoms. The third-order valence-corrected chi connectivity index (χ3v) is 4.05. The van der Waals surface area contributed by atoms with E-state index in [1.54, 1.807) is 11.3 Å². The van der Waals surface area contributed by atoms with Gasteiger partial charge in [-0.1, -0.05) is 29.8 Å². The lowest BCUT2D eigenvalue weighted by Gasteiger charge is -2.11. The first-order valence-corrected chi connectivity index (χ1v) is 8.32. The average molecular weight is 450 g/mol. The largest absolute Gasteiger partial charge is 0.357 e. The minimum absolute atomic E-state index is 0. The number of halogens is 2. The zero-order chi connectivity index (χ0) is 14.9. The number of thiophene rings is 1. The lowest BCUT2D eigenvalue weighted by Crippen LogP contribution is -2.38. The normalized spacial score (nSPS) is 10.9. The Hall–Kier alpha value is -0.790. The van der Waals surface area contributed by atoms with Crippen LogP contribution in [0.15, 0.2) is 46.8 Å². The van der Waals surface area contributed by atoms with Gasteiger partial charge in [0.2, 0.25) is 0 Å². The molecule has 0 spiro atoms. The molecular weight excluding hydrogens is 429 g/mol. The van der Waals surface area contributed by atoms with Gasteiger partial charge >= 0.3 is 0 Å². The summed E-state index contributed by atoms with van der Waals surface area (Å²) in [6.07, 6.45) is 0.945. The highest BCUT2D eigenvalue weighted by molar-refractivity contribution is 14.0. The van der Waals surface area contributed by atoms with E-state index in [1.165, 1.54) is 10.4 Å². The predicted molar refractivity (Wildman–Crippen MR) is 108 cm³/mol. The van der Waals surface area contributed by atoms with Crippen LogP contribution in [-0.2, 0) is 13.0 Å².